The molecule has 3 amide bonds. The number of rotatable bonds is 4. The minimum atomic E-state index is -0.455. The van der Waals surface area contributed by atoms with Gasteiger partial charge < -0.3 is 4.90 Å². The normalized spacial score (nSPS) is 13.2. The average Bonchev–Trinajstić information content (AvgIpc) is 2.84. The Kier molecular flexibility index (Phi) is 4.79. The number of carbonyl (C=O) groups is 3. The molecule has 2 aromatic carbocycles. The molecule has 0 bridgehead atoms. The maximum atomic E-state index is 12.4. The summed E-state index contributed by atoms with van der Waals surface area (Å²) in [7, 11) is 1.58. The lowest BCUT2D eigenvalue weighted by Crippen LogP contribution is -2.41. The number of nitrogens with zero attached hydrogens (tertiary/aromatic N) is 2. The van der Waals surface area contributed by atoms with Gasteiger partial charge in [0.05, 0.1) is 21.2 Å². The summed E-state index contributed by atoms with van der Waals surface area (Å²) in [5, 5.41) is 0.782. The van der Waals surface area contributed by atoms with Crippen molar-refractivity contribution in [3.63, 3.8) is 0 Å². The molecule has 0 fully saturated rings. The number of likely N-dealkylation sites (N-methyl/N-ethyl adjacent to an activating group) is 1. The Hall–Kier alpha value is -2.37. The zero-order valence-corrected chi connectivity index (χ0v) is 14.8. The summed E-state index contributed by atoms with van der Waals surface area (Å²) in [6.45, 7) is -0.0948. The number of amides is 3. The highest BCUT2D eigenvalue weighted by atomic mass is 35.5. The van der Waals surface area contributed by atoms with Gasteiger partial charge in [0.2, 0.25) is 5.91 Å². The van der Waals surface area contributed by atoms with E-state index in [1.54, 1.807) is 49.5 Å². The first-order chi connectivity index (χ1) is 11.9. The van der Waals surface area contributed by atoms with E-state index >= 15 is 0 Å². The lowest BCUT2D eigenvalue weighted by molar-refractivity contribution is -0.130. The molecular formula is C18H14Cl2N2O3. The van der Waals surface area contributed by atoms with E-state index < -0.39 is 11.8 Å². The fourth-order valence-electron chi connectivity index (χ4n) is 2.65. The van der Waals surface area contributed by atoms with Crippen LogP contribution >= 0.6 is 23.2 Å². The van der Waals surface area contributed by atoms with E-state index in [0.29, 0.717) is 26.7 Å². The first kappa shape index (κ1) is 17.5. The van der Waals surface area contributed by atoms with E-state index in [0.717, 1.165) is 4.90 Å². The summed E-state index contributed by atoms with van der Waals surface area (Å²) in [5.41, 5.74) is 1.33. The molecule has 1 aliphatic heterocycles. The van der Waals surface area contributed by atoms with Crippen LogP contribution in [0.15, 0.2) is 42.5 Å². The standard InChI is InChI=1S/C18H14Cl2N2O3/c1-21(9-11-5-4-8-14(19)16(11)20)15(23)10-22-17(24)12-6-2-3-7-13(12)18(22)25/h2-8H,9-10H2,1H3. The first-order valence-electron chi connectivity index (χ1n) is 7.52. The molecule has 0 saturated carbocycles. The van der Waals surface area contributed by atoms with Crippen LogP contribution in [0, 0.1) is 0 Å². The third-order valence-corrected chi connectivity index (χ3v) is 4.89. The van der Waals surface area contributed by atoms with Crippen molar-refractivity contribution in [3.8, 4) is 0 Å². The fraction of sp³-hybridized carbons (Fsp3) is 0.167. The number of benzene rings is 2. The van der Waals surface area contributed by atoms with Crippen LogP contribution in [0.4, 0.5) is 0 Å². The van der Waals surface area contributed by atoms with E-state index in [4.69, 9.17) is 23.2 Å². The minimum absolute atomic E-state index is 0.224. The van der Waals surface area contributed by atoms with E-state index in [9.17, 15) is 14.4 Å². The smallest absolute Gasteiger partial charge is 0.262 e. The molecule has 0 spiro atoms. The van der Waals surface area contributed by atoms with Crippen molar-refractivity contribution in [2.75, 3.05) is 13.6 Å². The molecule has 1 aliphatic rings. The summed E-state index contributed by atoms with van der Waals surface area (Å²) >= 11 is 12.1. The van der Waals surface area contributed by atoms with E-state index in [1.165, 1.54) is 4.90 Å². The lowest BCUT2D eigenvalue weighted by Gasteiger charge is -2.21. The zero-order chi connectivity index (χ0) is 18.1. The van der Waals surface area contributed by atoms with Crippen LogP contribution in [0.5, 0.6) is 0 Å². The molecule has 3 rings (SSSR count). The predicted molar refractivity (Wildman–Crippen MR) is 94.7 cm³/mol. The van der Waals surface area contributed by atoms with Crippen molar-refractivity contribution in [2.24, 2.45) is 0 Å². The molecule has 0 aliphatic carbocycles. The zero-order valence-electron chi connectivity index (χ0n) is 13.3. The molecule has 2 aromatic rings. The van der Waals surface area contributed by atoms with Crippen LogP contribution < -0.4 is 0 Å². The van der Waals surface area contributed by atoms with Gasteiger partial charge in [0.25, 0.3) is 11.8 Å². The van der Waals surface area contributed by atoms with Crippen molar-refractivity contribution >= 4 is 40.9 Å². The Morgan fingerprint density at radius 2 is 1.60 bits per heavy atom. The average molecular weight is 377 g/mol. The van der Waals surface area contributed by atoms with Crippen LogP contribution in [0.25, 0.3) is 0 Å². The third-order valence-electron chi connectivity index (χ3n) is 4.04. The third kappa shape index (κ3) is 3.25. The van der Waals surface area contributed by atoms with Gasteiger partial charge in [-0.15, -0.1) is 0 Å². The summed E-state index contributed by atoms with van der Waals surface area (Å²) in [5.74, 6) is -1.28. The molecule has 0 N–H and O–H groups in total. The van der Waals surface area contributed by atoms with Crippen molar-refractivity contribution in [1.29, 1.82) is 0 Å². The van der Waals surface area contributed by atoms with Gasteiger partial charge in [-0.1, -0.05) is 47.5 Å². The highest BCUT2D eigenvalue weighted by Gasteiger charge is 2.36. The number of carbonyl (C=O) groups excluding carboxylic acids is 3. The Labute approximate surface area is 154 Å². The number of imide groups is 1. The maximum absolute atomic E-state index is 12.4. The van der Waals surface area contributed by atoms with Crippen molar-refractivity contribution < 1.29 is 14.4 Å². The summed E-state index contributed by atoms with van der Waals surface area (Å²) in [4.78, 5) is 39.4. The molecule has 0 radical (unpaired) electrons. The number of hydrogen-bond acceptors (Lipinski definition) is 3. The molecule has 7 heteroatoms. The number of hydrogen-bond donors (Lipinski definition) is 0. The second kappa shape index (κ2) is 6.86. The van der Waals surface area contributed by atoms with Gasteiger partial charge in [0.1, 0.15) is 6.54 Å². The van der Waals surface area contributed by atoms with Crippen LogP contribution in [-0.4, -0.2) is 41.1 Å². The van der Waals surface area contributed by atoms with Gasteiger partial charge in [0, 0.05) is 13.6 Å². The highest BCUT2D eigenvalue weighted by molar-refractivity contribution is 6.42. The van der Waals surface area contributed by atoms with Crippen molar-refractivity contribution in [1.82, 2.24) is 9.80 Å². The van der Waals surface area contributed by atoms with Gasteiger partial charge in [-0.2, -0.15) is 0 Å². The highest BCUT2D eigenvalue weighted by Crippen LogP contribution is 2.26. The van der Waals surface area contributed by atoms with Gasteiger partial charge in [0.15, 0.2) is 0 Å². The number of fused-ring (bicyclic) bond motifs is 1. The number of halogens is 2. The second-order valence-corrected chi connectivity index (χ2v) is 6.49. The largest absolute Gasteiger partial charge is 0.340 e. The molecule has 1 heterocycles. The Bertz CT molecular complexity index is 847. The predicted octanol–water partition coefficient (Wildman–Crippen LogP) is 3.25. The molecule has 0 unspecified atom stereocenters. The molecule has 0 saturated heterocycles. The lowest BCUT2D eigenvalue weighted by atomic mass is 10.1. The van der Waals surface area contributed by atoms with E-state index in [-0.39, 0.29) is 19.0 Å². The van der Waals surface area contributed by atoms with Gasteiger partial charge >= 0.3 is 0 Å². The van der Waals surface area contributed by atoms with Crippen molar-refractivity contribution in [3.05, 3.63) is 69.2 Å². The Balaban J connectivity index is 1.71. The van der Waals surface area contributed by atoms with Crippen LogP contribution in [0.2, 0.25) is 10.0 Å². The van der Waals surface area contributed by atoms with E-state index in [2.05, 4.69) is 0 Å². The Morgan fingerprint density at radius 1 is 1.00 bits per heavy atom. The van der Waals surface area contributed by atoms with Gasteiger partial charge in [-0.3, -0.25) is 19.3 Å². The second-order valence-electron chi connectivity index (χ2n) is 5.70. The van der Waals surface area contributed by atoms with Crippen LogP contribution in [0.1, 0.15) is 26.3 Å². The first-order valence-corrected chi connectivity index (χ1v) is 8.28. The van der Waals surface area contributed by atoms with Crippen molar-refractivity contribution in [2.45, 2.75) is 6.54 Å². The van der Waals surface area contributed by atoms with Crippen LogP contribution in [0.3, 0.4) is 0 Å². The van der Waals surface area contributed by atoms with Crippen LogP contribution in [-0.2, 0) is 11.3 Å². The maximum Gasteiger partial charge on any atom is 0.262 e. The molecule has 5 nitrogen and oxygen atoms in total. The van der Waals surface area contributed by atoms with E-state index in [1.807, 2.05) is 0 Å². The SMILES string of the molecule is CN(Cc1cccc(Cl)c1Cl)C(=O)CN1C(=O)c2ccccc2C1=O. The molecule has 0 aromatic heterocycles. The van der Waals surface area contributed by atoms with Gasteiger partial charge in [-0.25, -0.2) is 0 Å². The quantitative estimate of drug-likeness (QED) is 0.769. The molecular weight excluding hydrogens is 363 g/mol. The summed E-state index contributed by atoms with van der Waals surface area (Å²) < 4.78 is 0. The topological polar surface area (TPSA) is 57.7 Å². The minimum Gasteiger partial charge on any atom is -0.340 e. The monoisotopic (exact) mass is 376 g/mol. The Morgan fingerprint density at radius 3 is 2.20 bits per heavy atom. The summed E-state index contributed by atoms with van der Waals surface area (Å²) in [6.07, 6.45) is 0. The molecule has 0 atom stereocenters. The molecule has 25 heavy (non-hydrogen) atoms. The molecule has 128 valence electrons. The fourth-order valence-corrected chi connectivity index (χ4v) is 3.03. The van der Waals surface area contributed by atoms with Gasteiger partial charge in [-0.05, 0) is 23.8 Å². The summed E-state index contributed by atoms with van der Waals surface area (Å²) in [6, 6.07) is 11.7.